The van der Waals surface area contributed by atoms with Crippen molar-refractivity contribution >= 4 is 23.6 Å². The fraction of sp³-hybridized carbons (Fsp3) is 0.300. The molecule has 0 saturated heterocycles. The average molecular weight is 211 g/mol. The van der Waals surface area contributed by atoms with Gasteiger partial charge in [0, 0.05) is 11.9 Å². The second-order valence-electron chi connectivity index (χ2n) is 2.61. The van der Waals surface area contributed by atoms with E-state index in [1.807, 2.05) is 18.4 Å². The first-order valence-electron chi connectivity index (χ1n) is 4.34. The van der Waals surface area contributed by atoms with Crippen LogP contribution in [-0.2, 0) is 4.74 Å². The van der Waals surface area contributed by atoms with Crippen LogP contribution in [-0.4, -0.2) is 18.8 Å². The molecule has 0 aromatic heterocycles. The van der Waals surface area contributed by atoms with Crippen molar-refractivity contribution < 1.29 is 9.53 Å². The van der Waals surface area contributed by atoms with E-state index in [1.165, 1.54) is 11.9 Å². The van der Waals surface area contributed by atoms with Crippen molar-refractivity contribution in [2.24, 2.45) is 0 Å². The summed E-state index contributed by atoms with van der Waals surface area (Å²) in [5.74, 6) is -0.280. The van der Waals surface area contributed by atoms with Gasteiger partial charge in [0.15, 0.2) is 0 Å². The zero-order valence-corrected chi connectivity index (χ0v) is 9.06. The number of carbonyl (C=O) groups excluding carboxylic acids is 1. The SMILES string of the molecule is CCOC(=O)c1cccc(NSC)c1. The summed E-state index contributed by atoms with van der Waals surface area (Å²) in [6, 6.07) is 7.24. The Hall–Kier alpha value is -1.16. The van der Waals surface area contributed by atoms with Gasteiger partial charge in [0.25, 0.3) is 0 Å². The van der Waals surface area contributed by atoms with E-state index < -0.39 is 0 Å². The fourth-order valence-electron chi connectivity index (χ4n) is 1.04. The number of hydrogen-bond donors (Lipinski definition) is 1. The standard InChI is InChI=1S/C10H13NO2S/c1-3-13-10(12)8-5-4-6-9(7-8)11-14-2/h4-7,11H,3H2,1-2H3. The number of rotatable bonds is 4. The minimum Gasteiger partial charge on any atom is -0.462 e. The molecule has 0 heterocycles. The minimum absolute atomic E-state index is 0.280. The normalized spacial score (nSPS) is 9.57. The summed E-state index contributed by atoms with van der Waals surface area (Å²) in [4.78, 5) is 11.3. The van der Waals surface area contributed by atoms with Crippen LogP contribution in [0.5, 0.6) is 0 Å². The summed E-state index contributed by atoms with van der Waals surface area (Å²) in [5.41, 5.74) is 1.48. The molecule has 0 fully saturated rings. The van der Waals surface area contributed by atoms with Crippen LogP contribution < -0.4 is 4.72 Å². The highest BCUT2D eigenvalue weighted by Crippen LogP contribution is 2.14. The molecule has 4 heteroatoms. The van der Waals surface area contributed by atoms with E-state index in [0.29, 0.717) is 12.2 Å². The highest BCUT2D eigenvalue weighted by molar-refractivity contribution is 7.99. The van der Waals surface area contributed by atoms with E-state index in [1.54, 1.807) is 19.1 Å². The lowest BCUT2D eigenvalue weighted by Gasteiger charge is -2.05. The van der Waals surface area contributed by atoms with Gasteiger partial charge in [0.1, 0.15) is 0 Å². The van der Waals surface area contributed by atoms with E-state index >= 15 is 0 Å². The van der Waals surface area contributed by atoms with Gasteiger partial charge in [0.05, 0.1) is 12.2 Å². The highest BCUT2D eigenvalue weighted by Gasteiger charge is 2.05. The molecule has 0 saturated carbocycles. The zero-order valence-electron chi connectivity index (χ0n) is 8.24. The fourth-order valence-corrected chi connectivity index (χ4v) is 1.40. The summed E-state index contributed by atoms with van der Waals surface area (Å²) in [5, 5.41) is 0. The van der Waals surface area contributed by atoms with Crippen molar-refractivity contribution in [2.45, 2.75) is 6.92 Å². The molecule has 14 heavy (non-hydrogen) atoms. The van der Waals surface area contributed by atoms with Crippen LogP contribution in [0, 0.1) is 0 Å². The Morgan fingerprint density at radius 3 is 3.00 bits per heavy atom. The van der Waals surface area contributed by atoms with Gasteiger partial charge >= 0.3 is 5.97 Å². The minimum atomic E-state index is -0.280. The summed E-state index contributed by atoms with van der Waals surface area (Å²) in [7, 11) is 0. The van der Waals surface area contributed by atoms with Crippen LogP contribution in [0.15, 0.2) is 24.3 Å². The molecular weight excluding hydrogens is 198 g/mol. The van der Waals surface area contributed by atoms with Gasteiger partial charge in [0.2, 0.25) is 0 Å². The molecule has 1 rings (SSSR count). The van der Waals surface area contributed by atoms with Crippen LogP contribution in [0.25, 0.3) is 0 Å². The van der Waals surface area contributed by atoms with Crippen LogP contribution >= 0.6 is 11.9 Å². The van der Waals surface area contributed by atoms with Gasteiger partial charge in [-0.15, -0.1) is 0 Å². The third-order valence-electron chi connectivity index (χ3n) is 1.59. The Bertz CT molecular complexity index is 315. The first kappa shape index (κ1) is 10.9. The van der Waals surface area contributed by atoms with E-state index in [0.717, 1.165) is 5.69 Å². The molecule has 0 aliphatic heterocycles. The number of carbonyl (C=O) groups is 1. The molecule has 76 valence electrons. The Kier molecular flexibility index (Phi) is 4.32. The second-order valence-corrected chi connectivity index (χ2v) is 3.22. The Morgan fingerprint density at radius 1 is 1.57 bits per heavy atom. The van der Waals surface area contributed by atoms with Gasteiger partial charge in [-0.2, -0.15) is 0 Å². The molecule has 0 aliphatic rings. The average Bonchev–Trinajstić information content (AvgIpc) is 2.19. The van der Waals surface area contributed by atoms with Gasteiger partial charge in [-0.25, -0.2) is 4.79 Å². The summed E-state index contributed by atoms with van der Waals surface area (Å²) < 4.78 is 7.94. The topological polar surface area (TPSA) is 38.3 Å². The van der Waals surface area contributed by atoms with Crippen LogP contribution in [0.2, 0.25) is 0 Å². The van der Waals surface area contributed by atoms with E-state index in [2.05, 4.69) is 4.72 Å². The monoisotopic (exact) mass is 211 g/mol. The number of benzene rings is 1. The third-order valence-corrected chi connectivity index (χ3v) is 2.03. The van der Waals surface area contributed by atoms with Gasteiger partial charge in [-0.05, 0) is 25.1 Å². The van der Waals surface area contributed by atoms with Gasteiger partial charge in [-0.3, -0.25) is 0 Å². The van der Waals surface area contributed by atoms with Crippen molar-refractivity contribution in [3.05, 3.63) is 29.8 Å². The predicted octanol–water partition coefficient (Wildman–Crippen LogP) is 2.55. The molecule has 0 spiro atoms. The van der Waals surface area contributed by atoms with Crippen LogP contribution in [0.3, 0.4) is 0 Å². The molecule has 1 aromatic rings. The number of hydrogen-bond acceptors (Lipinski definition) is 4. The highest BCUT2D eigenvalue weighted by atomic mass is 32.2. The van der Waals surface area contributed by atoms with Crippen molar-refractivity contribution in [3.63, 3.8) is 0 Å². The maximum atomic E-state index is 11.3. The maximum absolute atomic E-state index is 11.3. The van der Waals surface area contributed by atoms with E-state index in [9.17, 15) is 4.79 Å². The quantitative estimate of drug-likeness (QED) is 0.613. The maximum Gasteiger partial charge on any atom is 0.338 e. The molecule has 0 unspecified atom stereocenters. The van der Waals surface area contributed by atoms with Crippen molar-refractivity contribution in [1.29, 1.82) is 0 Å². The lowest BCUT2D eigenvalue weighted by Crippen LogP contribution is -2.04. The van der Waals surface area contributed by atoms with Crippen molar-refractivity contribution in [3.8, 4) is 0 Å². The number of esters is 1. The largest absolute Gasteiger partial charge is 0.462 e. The molecule has 0 atom stereocenters. The molecule has 0 radical (unpaired) electrons. The third kappa shape index (κ3) is 2.96. The number of nitrogens with one attached hydrogen (secondary N) is 1. The lowest BCUT2D eigenvalue weighted by atomic mass is 10.2. The molecular formula is C10H13NO2S. The molecule has 0 amide bonds. The van der Waals surface area contributed by atoms with Gasteiger partial charge < -0.3 is 9.46 Å². The smallest absolute Gasteiger partial charge is 0.338 e. The summed E-state index contributed by atoms with van der Waals surface area (Å²) >= 11 is 1.49. The van der Waals surface area contributed by atoms with E-state index in [4.69, 9.17) is 4.74 Å². The summed E-state index contributed by atoms with van der Waals surface area (Å²) in [6.07, 6.45) is 1.93. The van der Waals surface area contributed by atoms with Crippen LogP contribution in [0.4, 0.5) is 5.69 Å². The second kappa shape index (κ2) is 5.54. The first-order chi connectivity index (χ1) is 6.77. The van der Waals surface area contributed by atoms with Gasteiger partial charge in [-0.1, -0.05) is 18.0 Å². The Morgan fingerprint density at radius 2 is 2.36 bits per heavy atom. The Balaban J connectivity index is 2.77. The number of ether oxygens (including phenoxy) is 1. The Labute approximate surface area is 88.0 Å². The lowest BCUT2D eigenvalue weighted by molar-refractivity contribution is 0.0526. The molecule has 3 nitrogen and oxygen atoms in total. The molecule has 0 bridgehead atoms. The molecule has 1 aromatic carbocycles. The van der Waals surface area contributed by atoms with Crippen molar-refractivity contribution in [2.75, 3.05) is 17.6 Å². The summed E-state index contributed by atoms with van der Waals surface area (Å²) in [6.45, 7) is 2.20. The first-order valence-corrected chi connectivity index (χ1v) is 5.56. The molecule has 0 aliphatic carbocycles. The predicted molar refractivity (Wildman–Crippen MR) is 59.5 cm³/mol. The van der Waals surface area contributed by atoms with Crippen molar-refractivity contribution in [1.82, 2.24) is 0 Å². The number of anilines is 1. The van der Waals surface area contributed by atoms with Crippen LogP contribution in [0.1, 0.15) is 17.3 Å². The van der Waals surface area contributed by atoms with E-state index in [-0.39, 0.29) is 5.97 Å². The zero-order chi connectivity index (χ0) is 10.4. The molecule has 1 N–H and O–H groups in total.